The Balaban J connectivity index is 1.44. The van der Waals surface area contributed by atoms with Gasteiger partial charge in [0.2, 0.25) is 11.8 Å². The van der Waals surface area contributed by atoms with Crippen LogP contribution < -0.4 is 15.5 Å². The summed E-state index contributed by atoms with van der Waals surface area (Å²) in [5.74, 6) is 0.643. The zero-order valence-corrected chi connectivity index (χ0v) is 21.4. The van der Waals surface area contributed by atoms with Gasteiger partial charge in [0.15, 0.2) is 0 Å². The topological polar surface area (TPSA) is 77.6 Å². The van der Waals surface area contributed by atoms with Crippen molar-refractivity contribution in [3.63, 3.8) is 0 Å². The smallest absolute Gasteiger partial charge is 0.247 e. The number of anilines is 2. The fourth-order valence-electron chi connectivity index (χ4n) is 4.51. The van der Waals surface area contributed by atoms with Crippen LogP contribution in [0.3, 0.4) is 0 Å². The molecule has 1 aliphatic rings. The first-order valence-electron chi connectivity index (χ1n) is 12.4. The van der Waals surface area contributed by atoms with Crippen LogP contribution in [0, 0.1) is 6.92 Å². The van der Waals surface area contributed by atoms with E-state index in [4.69, 9.17) is 0 Å². The van der Waals surface area contributed by atoms with Gasteiger partial charge in [0.05, 0.1) is 18.4 Å². The van der Waals surface area contributed by atoms with Crippen molar-refractivity contribution < 1.29 is 9.59 Å². The Morgan fingerprint density at radius 3 is 2.44 bits per heavy atom. The molecule has 3 aromatic rings. The molecule has 0 radical (unpaired) electrons. The first-order chi connectivity index (χ1) is 17.3. The maximum absolute atomic E-state index is 13.4. The van der Waals surface area contributed by atoms with Crippen molar-refractivity contribution in [2.45, 2.75) is 38.8 Å². The molecule has 2 amide bonds. The van der Waals surface area contributed by atoms with Crippen LogP contribution in [0.5, 0.6) is 0 Å². The molecular weight excluding hydrogens is 450 g/mol. The molecular formula is C29H35N5O2. The zero-order chi connectivity index (χ0) is 25.7. The van der Waals surface area contributed by atoms with Gasteiger partial charge >= 0.3 is 0 Å². The average Bonchev–Trinajstić information content (AvgIpc) is 2.88. The van der Waals surface area contributed by atoms with Gasteiger partial charge in [0, 0.05) is 26.2 Å². The van der Waals surface area contributed by atoms with E-state index in [2.05, 4.69) is 60.7 Å². The molecule has 1 fully saturated rings. The van der Waals surface area contributed by atoms with E-state index < -0.39 is 6.04 Å². The number of pyridine rings is 1. The number of hydrogen-bond acceptors (Lipinski definition) is 5. The van der Waals surface area contributed by atoms with Gasteiger partial charge in [-0.15, -0.1) is 0 Å². The molecule has 0 aliphatic carbocycles. The summed E-state index contributed by atoms with van der Waals surface area (Å²) in [6, 6.07) is 21.6. The lowest BCUT2D eigenvalue weighted by Crippen LogP contribution is -2.53. The molecule has 1 aliphatic heterocycles. The van der Waals surface area contributed by atoms with Crippen molar-refractivity contribution in [1.29, 1.82) is 0 Å². The van der Waals surface area contributed by atoms with Crippen molar-refractivity contribution in [2.24, 2.45) is 0 Å². The predicted octanol–water partition coefficient (Wildman–Crippen LogP) is 4.13. The Hall–Kier alpha value is -3.71. The number of hydrogen-bond donors (Lipinski definition) is 2. The molecule has 7 heteroatoms. The standard InChI is InChI=1S/C29H35N5O2/c1-20-10-12-23(13-11-20)21(2)16-31-28(24-8-6-5-7-9-24)29(36)32-26-15-14-25(17-30-26)34-19-27(35)33(4)18-22(34)3/h5-15,17,21-22,28,31H,16,18-19H2,1-4H3,(H,30,32,36)/t21?,22-,28-/m0/s1. The van der Waals surface area contributed by atoms with Gasteiger partial charge in [-0.25, -0.2) is 4.98 Å². The Morgan fingerprint density at radius 1 is 1.06 bits per heavy atom. The first kappa shape index (κ1) is 25.4. The van der Waals surface area contributed by atoms with E-state index in [1.165, 1.54) is 11.1 Å². The van der Waals surface area contributed by atoms with E-state index in [9.17, 15) is 9.59 Å². The van der Waals surface area contributed by atoms with Crippen LogP contribution in [0.15, 0.2) is 72.9 Å². The summed E-state index contributed by atoms with van der Waals surface area (Å²) >= 11 is 0. The minimum Gasteiger partial charge on any atom is -0.356 e. The first-order valence-corrected chi connectivity index (χ1v) is 12.4. The maximum atomic E-state index is 13.4. The van der Waals surface area contributed by atoms with Crippen LogP contribution in [0.25, 0.3) is 0 Å². The molecule has 188 valence electrons. The van der Waals surface area contributed by atoms with Gasteiger partial charge in [-0.3, -0.25) is 9.59 Å². The van der Waals surface area contributed by atoms with E-state index in [0.29, 0.717) is 25.5 Å². The second-order valence-electron chi connectivity index (χ2n) is 9.71. The van der Waals surface area contributed by atoms with Crippen LogP contribution in [-0.4, -0.2) is 54.4 Å². The summed E-state index contributed by atoms with van der Waals surface area (Å²) in [5, 5.41) is 6.42. The lowest BCUT2D eigenvalue weighted by atomic mass is 9.98. The summed E-state index contributed by atoms with van der Waals surface area (Å²) in [6.07, 6.45) is 1.72. The monoisotopic (exact) mass is 485 g/mol. The zero-order valence-electron chi connectivity index (χ0n) is 21.4. The number of rotatable bonds is 8. The highest BCUT2D eigenvalue weighted by molar-refractivity contribution is 5.95. The van der Waals surface area contributed by atoms with Gasteiger partial charge in [-0.1, -0.05) is 67.1 Å². The van der Waals surface area contributed by atoms with Gasteiger partial charge in [-0.05, 0) is 43.0 Å². The molecule has 4 rings (SSSR count). The number of piperazine rings is 1. The van der Waals surface area contributed by atoms with Crippen LogP contribution in [-0.2, 0) is 9.59 Å². The lowest BCUT2D eigenvalue weighted by Gasteiger charge is -2.39. The number of benzene rings is 2. The second kappa shape index (κ2) is 11.4. The third-order valence-electron chi connectivity index (χ3n) is 6.80. The molecule has 2 N–H and O–H groups in total. The summed E-state index contributed by atoms with van der Waals surface area (Å²) in [4.78, 5) is 33.8. The molecule has 1 unspecified atom stereocenters. The maximum Gasteiger partial charge on any atom is 0.247 e. The fraction of sp³-hybridized carbons (Fsp3) is 0.345. The van der Waals surface area contributed by atoms with Crippen molar-refractivity contribution >= 4 is 23.3 Å². The number of aryl methyl sites for hydroxylation is 1. The second-order valence-corrected chi connectivity index (χ2v) is 9.71. The molecule has 2 aromatic carbocycles. The third kappa shape index (κ3) is 6.10. The highest BCUT2D eigenvalue weighted by Gasteiger charge is 2.27. The Kier molecular flexibility index (Phi) is 8.00. The Morgan fingerprint density at radius 2 is 1.78 bits per heavy atom. The Labute approximate surface area is 213 Å². The molecule has 0 spiro atoms. The van der Waals surface area contributed by atoms with Crippen LogP contribution in [0.2, 0.25) is 0 Å². The molecule has 36 heavy (non-hydrogen) atoms. The SMILES string of the molecule is Cc1ccc(C(C)CN[C@H](C(=O)Nc2ccc(N3CC(=O)N(C)C[C@@H]3C)cn2)c2ccccc2)cc1. The number of nitrogens with one attached hydrogen (secondary N) is 2. The van der Waals surface area contributed by atoms with Crippen LogP contribution in [0.4, 0.5) is 11.5 Å². The van der Waals surface area contributed by atoms with Crippen LogP contribution >= 0.6 is 0 Å². The van der Waals surface area contributed by atoms with Crippen molar-refractivity contribution in [2.75, 3.05) is 36.9 Å². The van der Waals surface area contributed by atoms with E-state index in [-0.39, 0.29) is 23.8 Å². The van der Waals surface area contributed by atoms with E-state index >= 15 is 0 Å². The Bertz CT molecular complexity index is 1160. The van der Waals surface area contributed by atoms with E-state index in [1.54, 1.807) is 17.2 Å². The van der Waals surface area contributed by atoms with E-state index in [0.717, 1.165) is 11.3 Å². The van der Waals surface area contributed by atoms with Crippen LogP contribution in [0.1, 0.15) is 42.5 Å². The number of aromatic nitrogens is 1. The average molecular weight is 486 g/mol. The molecule has 0 saturated carbocycles. The van der Waals surface area contributed by atoms with Gasteiger partial charge in [-0.2, -0.15) is 0 Å². The quantitative estimate of drug-likeness (QED) is 0.502. The molecule has 1 saturated heterocycles. The van der Waals surface area contributed by atoms with E-state index in [1.807, 2.05) is 48.3 Å². The molecule has 7 nitrogen and oxygen atoms in total. The van der Waals surface area contributed by atoms with Gasteiger partial charge in [0.1, 0.15) is 11.9 Å². The number of carbonyl (C=O) groups is 2. The summed E-state index contributed by atoms with van der Waals surface area (Å²) in [6.45, 7) is 7.97. The highest BCUT2D eigenvalue weighted by atomic mass is 16.2. The molecule has 0 bridgehead atoms. The van der Waals surface area contributed by atoms with Gasteiger partial charge in [0.25, 0.3) is 0 Å². The van der Waals surface area contributed by atoms with Crippen molar-refractivity contribution in [3.8, 4) is 0 Å². The number of amides is 2. The number of likely N-dealkylation sites (N-methyl/N-ethyl adjacent to an activating group) is 1. The normalized spacial score (nSPS) is 17.6. The molecule has 1 aromatic heterocycles. The highest BCUT2D eigenvalue weighted by Crippen LogP contribution is 2.23. The van der Waals surface area contributed by atoms with Crippen molar-refractivity contribution in [3.05, 3.63) is 89.6 Å². The number of carbonyl (C=O) groups excluding carboxylic acids is 2. The van der Waals surface area contributed by atoms with Crippen molar-refractivity contribution in [1.82, 2.24) is 15.2 Å². The summed E-state index contributed by atoms with van der Waals surface area (Å²) in [5.41, 5.74) is 4.22. The summed E-state index contributed by atoms with van der Waals surface area (Å²) in [7, 11) is 1.83. The largest absolute Gasteiger partial charge is 0.356 e. The summed E-state index contributed by atoms with van der Waals surface area (Å²) < 4.78 is 0. The number of nitrogens with zero attached hydrogens (tertiary/aromatic N) is 3. The fourth-order valence-corrected chi connectivity index (χ4v) is 4.51. The minimum atomic E-state index is -0.518. The third-order valence-corrected chi connectivity index (χ3v) is 6.80. The molecule has 3 atom stereocenters. The van der Waals surface area contributed by atoms with Gasteiger partial charge < -0.3 is 20.4 Å². The minimum absolute atomic E-state index is 0.0853. The lowest BCUT2D eigenvalue weighted by molar-refractivity contribution is -0.130. The molecule has 2 heterocycles. The predicted molar refractivity (Wildman–Crippen MR) is 144 cm³/mol.